The topological polar surface area (TPSA) is 66.8 Å². The lowest BCUT2D eigenvalue weighted by Gasteiger charge is -2.22. The third-order valence-electron chi connectivity index (χ3n) is 4.53. The van der Waals surface area contributed by atoms with E-state index in [1.807, 2.05) is 49.4 Å². The standard InChI is InChI=1S/C21H23NO4/c1-15-9-10-19-18(13-15)21(25,14-16(2)23)20(24)22(19)11-6-12-26-17-7-4-3-5-8-17/h3-5,7-10,13,25H,6,11-12,14H2,1-2H3/t21-/m1/s1. The fourth-order valence-electron chi connectivity index (χ4n) is 3.35. The number of hydrogen-bond acceptors (Lipinski definition) is 4. The van der Waals surface area contributed by atoms with Gasteiger partial charge in [-0.3, -0.25) is 9.59 Å². The highest BCUT2D eigenvalue weighted by molar-refractivity contribution is 6.08. The number of ether oxygens (including phenoxy) is 1. The zero-order valence-electron chi connectivity index (χ0n) is 15.1. The summed E-state index contributed by atoms with van der Waals surface area (Å²) >= 11 is 0. The van der Waals surface area contributed by atoms with Crippen molar-refractivity contribution in [2.24, 2.45) is 0 Å². The number of fused-ring (bicyclic) bond motifs is 1. The van der Waals surface area contributed by atoms with E-state index in [1.54, 1.807) is 11.0 Å². The van der Waals surface area contributed by atoms with Crippen molar-refractivity contribution in [2.75, 3.05) is 18.1 Å². The Bertz CT molecular complexity index is 818. The number of hydrogen-bond donors (Lipinski definition) is 1. The molecule has 26 heavy (non-hydrogen) atoms. The second-order valence-electron chi connectivity index (χ2n) is 6.73. The number of Topliss-reactive ketones (excluding diaryl/α,β-unsaturated/α-hetero) is 1. The van der Waals surface area contributed by atoms with E-state index < -0.39 is 11.5 Å². The van der Waals surface area contributed by atoms with Gasteiger partial charge in [-0.25, -0.2) is 0 Å². The molecule has 3 rings (SSSR count). The smallest absolute Gasteiger partial charge is 0.264 e. The minimum atomic E-state index is -1.77. The number of nitrogens with zero attached hydrogens (tertiary/aromatic N) is 1. The first-order chi connectivity index (χ1) is 12.4. The number of carbonyl (C=O) groups is 2. The molecular formula is C21H23NO4. The number of ketones is 1. The third-order valence-corrected chi connectivity index (χ3v) is 4.53. The van der Waals surface area contributed by atoms with Crippen LogP contribution in [0.25, 0.3) is 0 Å². The van der Waals surface area contributed by atoms with E-state index in [2.05, 4.69) is 0 Å². The Morgan fingerprint density at radius 1 is 1.19 bits per heavy atom. The van der Waals surface area contributed by atoms with Gasteiger partial charge in [0.1, 0.15) is 11.5 Å². The summed E-state index contributed by atoms with van der Waals surface area (Å²) in [4.78, 5) is 26.1. The Morgan fingerprint density at radius 2 is 1.92 bits per heavy atom. The van der Waals surface area contributed by atoms with Crippen molar-refractivity contribution >= 4 is 17.4 Å². The van der Waals surface area contributed by atoms with E-state index in [9.17, 15) is 14.7 Å². The molecule has 0 aliphatic carbocycles. The quantitative estimate of drug-likeness (QED) is 0.777. The lowest BCUT2D eigenvalue weighted by Crippen LogP contribution is -2.42. The van der Waals surface area contributed by atoms with Gasteiger partial charge in [0.15, 0.2) is 5.60 Å². The summed E-state index contributed by atoms with van der Waals surface area (Å²) in [5, 5.41) is 11.0. The Morgan fingerprint density at radius 3 is 2.62 bits per heavy atom. The van der Waals surface area contributed by atoms with E-state index in [0.29, 0.717) is 30.8 Å². The first-order valence-corrected chi connectivity index (χ1v) is 8.74. The van der Waals surface area contributed by atoms with Gasteiger partial charge in [-0.05, 0) is 38.5 Å². The number of carbonyl (C=O) groups excluding carboxylic acids is 2. The fourth-order valence-corrected chi connectivity index (χ4v) is 3.35. The minimum absolute atomic E-state index is 0.209. The van der Waals surface area contributed by atoms with Gasteiger partial charge in [-0.15, -0.1) is 0 Å². The van der Waals surface area contributed by atoms with Crippen molar-refractivity contribution in [3.63, 3.8) is 0 Å². The number of aryl methyl sites for hydroxylation is 1. The summed E-state index contributed by atoms with van der Waals surface area (Å²) in [6.07, 6.45) is 0.406. The van der Waals surface area contributed by atoms with Gasteiger partial charge in [0.05, 0.1) is 12.3 Å². The summed E-state index contributed by atoms with van der Waals surface area (Å²) in [5.41, 5.74) is 0.353. The van der Waals surface area contributed by atoms with Crippen LogP contribution in [0.15, 0.2) is 48.5 Å². The normalized spacial score (nSPS) is 18.7. The van der Waals surface area contributed by atoms with E-state index in [4.69, 9.17) is 4.74 Å². The zero-order valence-corrected chi connectivity index (χ0v) is 15.1. The van der Waals surface area contributed by atoms with Gasteiger partial charge >= 0.3 is 0 Å². The predicted octanol–water partition coefficient (Wildman–Crippen LogP) is 2.98. The first-order valence-electron chi connectivity index (χ1n) is 8.74. The molecule has 2 aromatic rings. The molecule has 2 aromatic carbocycles. The highest BCUT2D eigenvalue weighted by atomic mass is 16.5. The van der Waals surface area contributed by atoms with Crippen LogP contribution in [0.5, 0.6) is 5.75 Å². The summed E-state index contributed by atoms with van der Waals surface area (Å²) in [6, 6.07) is 15.0. The average Bonchev–Trinajstić information content (AvgIpc) is 2.80. The summed E-state index contributed by atoms with van der Waals surface area (Å²) < 4.78 is 5.67. The molecule has 1 N–H and O–H groups in total. The average molecular weight is 353 g/mol. The van der Waals surface area contributed by atoms with Crippen molar-refractivity contribution in [1.29, 1.82) is 0 Å². The van der Waals surface area contributed by atoms with Gasteiger partial charge in [0.25, 0.3) is 5.91 Å². The Balaban J connectivity index is 1.73. The molecule has 0 spiro atoms. The van der Waals surface area contributed by atoms with E-state index in [-0.39, 0.29) is 12.2 Å². The SMILES string of the molecule is CC(=O)C[C@]1(O)C(=O)N(CCCOc2ccccc2)c2ccc(C)cc21. The molecule has 0 saturated carbocycles. The second-order valence-corrected chi connectivity index (χ2v) is 6.73. The molecule has 136 valence electrons. The molecule has 1 aliphatic rings. The van der Waals surface area contributed by atoms with Crippen LogP contribution in [0.3, 0.4) is 0 Å². The summed E-state index contributed by atoms with van der Waals surface area (Å²) in [6.45, 7) is 4.16. The van der Waals surface area contributed by atoms with Crippen LogP contribution in [-0.4, -0.2) is 29.9 Å². The maximum atomic E-state index is 12.9. The Kier molecular flexibility index (Phi) is 5.09. The summed E-state index contributed by atoms with van der Waals surface area (Å²) in [5.74, 6) is 0.125. The Hall–Kier alpha value is -2.66. The number of benzene rings is 2. The highest BCUT2D eigenvalue weighted by Crippen LogP contribution is 2.43. The van der Waals surface area contributed by atoms with Gasteiger partial charge in [0.2, 0.25) is 0 Å². The van der Waals surface area contributed by atoms with Crippen LogP contribution >= 0.6 is 0 Å². The molecule has 0 radical (unpaired) electrons. The Labute approximate surface area is 153 Å². The lowest BCUT2D eigenvalue weighted by atomic mass is 9.89. The molecule has 1 amide bonds. The second kappa shape index (κ2) is 7.30. The molecule has 1 atom stereocenters. The van der Waals surface area contributed by atoms with E-state index in [0.717, 1.165) is 11.3 Å². The number of para-hydroxylation sites is 1. The van der Waals surface area contributed by atoms with Gasteiger partial charge in [0, 0.05) is 18.5 Å². The molecule has 0 saturated heterocycles. The molecule has 0 unspecified atom stereocenters. The minimum Gasteiger partial charge on any atom is -0.494 e. The van der Waals surface area contributed by atoms with Crippen molar-refractivity contribution in [3.8, 4) is 5.75 Å². The maximum Gasteiger partial charge on any atom is 0.264 e. The van der Waals surface area contributed by atoms with Crippen molar-refractivity contribution < 1.29 is 19.4 Å². The number of rotatable bonds is 7. The van der Waals surface area contributed by atoms with Gasteiger partial charge in [-0.1, -0.05) is 35.9 Å². The fraction of sp³-hybridized carbons (Fsp3) is 0.333. The van der Waals surface area contributed by atoms with Crippen LogP contribution in [0, 0.1) is 6.92 Å². The van der Waals surface area contributed by atoms with E-state index in [1.165, 1.54) is 6.92 Å². The first kappa shape index (κ1) is 18.1. The van der Waals surface area contributed by atoms with Crippen molar-refractivity contribution in [3.05, 3.63) is 59.7 Å². The van der Waals surface area contributed by atoms with Crippen LogP contribution in [0.1, 0.15) is 30.9 Å². The maximum absolute atomic E-state index is 12.9. The van der Waals surface area contributed by atoms with Crippen molar-refractivity contribution in [2.45, 2.75) is 32.3 Å². The molecule has 0 aromatic heterocycles. The van der Waals surface area contributed by atoms with Crippen molar-refractivity contribution in [1.82, 2.24) is 0 Å². The number of aliphatic hydroxyl groups is 1. The zero-order chi connectivity index (χ0) is 18.7. The number of anilines is 1. The molecule has 1 aliphatic heterocycles. The molecule has 0 fully saturated rings. The lowest BCUT2D eigenvalue weighted by molar-refractivity contribution is -0.141. The molecule has 5 heteroatoms. The summed E-state index contributed by atoms with van der Waals surface area (Å²) in [7, 11) is 0. The van der Waals surface area contributed by atoms with Gasteiger partial charge in [-0.2, -0.15) is 0 Å². The van der Waals surface area contributed by atoms with Crippen LogP contribution in [0.2, 0.25) is 0 Å². The number of amides is 1. The van der Waals surface area contributed by atoms with Crippen LogP contribution in [0.4, 0.5) is 5.69 Å². The largest absolute Gasteiger partial charge is 0.494 e. The molecule has 5 nitrogen and oxygen atoms in total. The predicted molar refractivity (Wildman–Crippen MR) is 99.3 cm³/mol. The molecule has 0 bridgehead atoms. The molecule has 1 heterocycles. The van der Waals surface area contributed by atoms with E-state index >= 15 is 0 Å². The monoisotopic (exact) mass is 353 g/mol. The molecular weight excluding hydrogens is 330 g/mol. The van der Waals surface area contributed by atoms with Crippen LogP contribution < -0.4 is 9.64 Å². The van der Waals surface area contributed by atoms with Gasteiger partial charge < -0.3 is 14.7 Å². The third kappa shape index (κ3) is 3.48. The highest BCUT2D eigenvalue weighted by Gasteiger charge is 2.50. The van der Waals surface area contributed by atoms with Crippen LogP contribution in [-0.2, 0) is 15.2 Å².